The topological polar surface area (TPSA) is 101 Å². The zero-order chi connectivity index (χ0) is 15.6. The fourth-order valence-electron chi connectivity index (χ4n) is 2.47. The van der Waals surface area contributed by atoms with Crippen LogP contribution in [0, 0.1) is 10.1 Å². The molecule has 1 aromatic rings. The van der Waals surface area contributed by atoms with E-state index in [2.05, 4.69) is 15.9 Å². The zero-order valence-electron chi connectivity index (χ0n) is 11.0. The van der Waals surface area contributed by atoms with Gasteiger partial charge in [-0.2, -0.15) is 0 Å². The van der Waals surface area contributed by atoms with Crippen LogP contribution >= 0.6 is 15.9 Å². The Balaban J connectivity index is 2.25. The van der Waals surface area contributed by atoms with E-state index < -0.39 is 10.9 Å². The molecule has 0 spiro atoms. The molecule has 0 saturated carbocycles. The van der Waals surface area contributed by atoms with Crippen molar-refractivity contribution in [1.29, 1.82) is 0 Å². The van der Waals surface area contributed by atoms with Gasteiger partial charge in [0, 0.05) is 24.2 Å². The van der Waals surface area contributed by atoms with E-state index in [9.17, 15) is 19.7 Å². The van der Waals surface area contributed by atoms with Crippen LogP contribution in [0.15, 0.2) is 22.7 Å². The van der Waals surface area contributed by atoms with Crippen molar-refractivity contribution < 1.29 is 19.6 Å². The number of carboxylic acids is 1. The summed E-state index contributed by atoms with van der Waals surface area (Å²) in [5.74, 6) is -1.32. The predicted octanol–water partition coefficient (Wildman–Crippen LogP) is 2.44. The molecular formula is C13H13BrN2O5. The second kappa shape index (κ2) is 6.21. The second-order valence-electron chi connectivity index (χ2n) is 4.82. The van der Waals surface area contributed by atoms with E-state index in [4.69, 9.17) is 5.11 Å². The summed E-state index contributed by atoms with van der Waals surface area (Å²) < 4.78 is 0.299. The first-order valence-corrected chi connectivity index (χ1v) is 7.16. The molecule has 1 aliphatic heterocycles. The van der Waals surface area contributed by atoms with E-state index in [-0.39, 0.29) is 29.6 Å². The number of nitrogens with zero attached hydrogens (tertiary/aromatic N) is 2. The van der Waals surface area contributed by atoms with Gasteiger partial charge in [-0.25, -0.2) is 0 Å². The van der Waals surface area contributed by atoms with Crippen molar-refractivity contribution in [2.24, 2.45) is 0 Å². The molecule has 1 saturated heterocycles. The molecule has 8 heteroatoms. The van der Waals surface area contributed by atoms with E-state index in [0.29, 0.717) is 17.4 Å². The number of carboxylic acid groups (broad SMARTS) is 1. The van der Waals surface area contributed by atoms with Crippen LogP contribution in [-0.2, 0) is 4.79 Å². The highest BCUT2D eigenvalue weighted by Crippen LogP contribution is 2.28. The minimum Gasteiger partial charge on any atom is -0.481 e. The summed E-state index contributed by atoms with van der Waals surface area (Å²) in [7, 11) is 0. The summed E-state index contributed by atoms with van der Waals surface area (Å²) in [5.41, 5.74) is 0.0111. The van der Waals surface area contributed by atoms with Crippen LogP contribution in [0.2, 0.25) is 0 Å². The normalized spacial score (nSPS) is 17.8. The van der Waals surface area contributed by atoms with Crippen LogP contribution in [-0.4, -0.2) is 39.4 Å². The number of nitro groups is 1. The van der Waals surface area contributed by atoms with Crippen molar-refractivity contribution in [2.75, 3.05) is 6.54 Å². The highest BCUT2D eigenvalue weighted by atomic mass is 79.9. The minimum atomic E-state index is -0.957. The number of carbonyl (C=O) groups is 2. The predicted molar refractivity (Wildman–Crippen MR) is 77.1 cm³/mol. The van der Waals surface area contributed by atoms with Gasteiger partial charge < -0.3 is 10.0 Å². The highest BCUT2D eigenvalue weighted by Gasteiger charge is 2.31. The van der Waals surface area contributed by atoms with Crippen molar-refractivity contribution in [3.63, 3.8) is 0 Å². The molecule has 1 unspecified atom stereocenters. The SMILES string of the molecule is O=C(O)CC1CCCN1C(=O)c1ccc(Br)c([N+](=O)[O-])c1. The summed E-state index contributed by atoms with van der Waals surface area (Å²) >= 11 is 3.06. The highest BCUT2D eigenvalue weighted by molar-refractivity contribution is 9.10. The monoisotopic (exact) mass is 356 g/mol. The van der Waals surface area contributed by atoms with Gasteiger partial charge in [0.05, 0.1) is 15.8 Å². The van der Waals surface area contributed by atoms with Gasteiger partial charge in [-0.3, -0.25) is 19.7 Å². The molecule has 7 nitrogen and oxygen atoms in total. The van der Waals surface area contributed by atoms with Gasteiger partial charge in [0.25, 0.3) is 11.6 Å². The number of hydrogen-bond donors (Lipinski definition) is 1. The van der Waals surface area contributed by atoms with Gasteiger partial charge in [0.2, 0.25) is 0 Å². The smallest absolute Gasteiger partial charge is 0.305 e. The third-order valence-corrected chi connectivity index (χ3v) is 4.11. The average Bonchev–Trinajstić information content (AvgIpc) is 2.85. The lowest BCUT2D eigenvalue weighted by Gasteiger charge is -2.23. The maximum atomic E-state index is 12.4. The maximum absolute atomic E-state index is 12.4. The zero-order valence-corrected chi connectivity index (χ0v) is 12.6. The number of aliphatic carboxylic acids is 1. The Morgan fingerprint density at radius 3 is 2.81 bits per heavy atom. The number of amides is 1. The lowest BCUT2D eigenvalue weighted by molar-refractivity contribution is -0.385. The second-order valence-corrected chi connectivity index (χ2v) is 5.67. The molecule has 1 fully saturated rings. The molecule has 1 atom stereocenters. The fourth-order valence-corrected chi connectivity index (χ4v) is 2.86. The van der Waals surface area contributed by atoms with Crippen LogP contribution in [0.3, 0.4) is 0 Å². The van der Waals surface area contributed by atoms with Gasteiger partial charge in [-0.05, 0) is 40.9 Å². The van der Waals surface area contributed by atoms with E-state index in [1.54, 1.807) is 0 Å². The van der Waals surface area contributed by atoms with Crippen molar-refractivity contribution in [2.45, 2.75) is 25.3 Å². The van der Waals surface area contributed by atoms with Crippen LogP contribution in [0.25, 0.3) is 0 Å². The molecule has 112 valence electrons. The molecular weight excluding hydrogens is 344 g/mol. The van der Waals surface area contributed by atoms with Gasteiger partial charge in [-0.1, -0.05) is 0 Å². The molecule has 0 aliphatic carbocycles. The molecule has 0 radical (unpaired) electrons. The first-order valence-electron chi connectivity index (χ1n) is 6.37. The number of benzene rings is 1. The molecule has 1 N–H and O–H groups in total. The third kappa shape index (κ3) is 3.38. The Morgan fingerprint density at radius 2 is 2.19 bits per heavy atom. The van der Waals surface area contributed by atoms with Crippen molar-refractivity contribution >= 4 is 33.5 Å². The molecule has 21 heavy (non-hydrogen) atoms. The molecule has 1 heterocycles. The summed E-state index contributed by atoms with van der Waals surface area (Å²) in [6.07, 6.45) is 1.27. The van der Waals surface area contributed by atoms with Crippen molar-refractivity contribution in [1.82, 2.24) is 4.90 Å². The van der Waals surface area contributed by atoms with E-state index in [1.807, 2.05) is 0 Å². The third-order valence-electron chi connectivity index (χ3n) is 3.44. The fraction of sp³-hybridized carbons (Fsp3) is 0.385. The number of hydrogen-bond acceptors (Lipinski definition) is 4. The number of carbonyl (C=O) groups excluding carboxylic acids is 1. The average molecular weight is 357 g/mol. The van der Waals surface area contributed by atoms with E-state index in [0.717, 1.165) is 6.42 Å². The van der Waals surface area contributed by atoms with Crippen molar-refractivity contribution in [3.05, 3.63) is 38.3 Å². The van der Waals surface area contributed by atoms with Crippen LogP contribution in [0.4, 0.5) is 5.69 Å². The summed E-state index contributed by atoms with van der Waals surface area (Å²) in [6, 6.07) is 3.81. The molecule has 2 rings (SSSR count). The number of rotatable bonds is 4. The quantitative estimate of drug-likeness (QED) is 0.659. The van der Waals surface area contributed by atoms with E-state index >= 15 is 0 Å². The summed E-state index contributed by atoms with van der Waals surface area (Å²) in [5, 5.41) is 19.8. The Labute approximate surface area is 128 Å². The standard InChI is InChI=1S/C13H13BrN2O5/c14-10-4-3-8(6-11(10)16(20)21)13(19)15-5-1-2-9(15)7-12(17)18/h3-4,6,9H,1-2,5,7H2,(H,17,18). The molecule has 1 aromatic carbocycles. The molecule has 1 amide bonds. The molecule has 0 aromatic heterocycles. The van der Waals surface area contributed by atoms with Gasteiger partial charge in [0.15, 0.2) is 0 Å². The first-order chi connectivity index (χ1) is 9.90. The van der Waals surface area contributed by atoms with Gasteiger partial charge >= 0.3 is 5.97 Å². The van der Waals surface area contributed by atoms with Crippen molar-refractivity contribution in [3.8, 4) is 0 Å². The Morgan fingerprint density at radius 1 is 1.48 bits per heavy atom. The molecule has 1 aliphatic rings. The Bertz CT molecular complexity index is 604. The largest absolute Gasteiger partial charge is 0.481 e. The molecule has 0 bridgehead atoms. The first kappa shape index (κ1) is 15.4. The lowest BCUT2D eigenvalue weighted by atomic mass is 10.1. The van der Waals surface area contributed by atoms with Crippen LogP contribution < -0.4 is 0 Å². The minimum absolute atomic E-state index is 0.107. The number of likely N-dealkylation sites (tertiary alicyclic amines) is 1. The Hall–Kier alpha value is -1.96. The maximum Gasteiger partial charge on any atom is 0.305 e. The van der Waals surface area contributed by atoms with Crippen LogP contribution in [0.5, 0.6) is 0 Å². The van der Waals surface area contributed by atoms with Gasteiger partial charge in [-0.15, -0.1) is 0 Å². The number of halogens is 1. The van der Waals surface area contributed by atoms with Crippen LogP contribution in [0.1, 0.15) is 29.6 Å². The lowest BCUT2D eigenvalue weighted by Crippen LogP contribution is -2.36. The Kier molecular flexibility index (Phi) is 4.56. The summed E-state index contributed by atoms with van der Waals surface area (Å²) in [6.45, 7) is 0.473. The van der Waals surface area contributed by atoms with E-state index in [1.165, 1.54) is 23.1 Å². The summed E-state index contributed by atoms with van der Waals surface area (Å²) in [4.78, 5) is 35.1. The van der Waals surface area contributed by atoms with Gasteiger partial charge in [0.1, 0.15) is 0 Å². The number of nitro benzene ring substituents is 1.